The molecule has 0 bridgehead atoms. The lowest BCUT2D eigenvalue weighted by atomic mass is 9.77. The predicted molar refractivity (Wildman–Crippen MR) is 129 cm³/mol. The number of aliphatic hydroxyl groups is 2. The van der Waals surface area contributed by atoms with Crippen LogP contribution in [0.25, 0.3) is 10.9 Å². The summed E-state index contributed by atoms with van der Waals surface area (Å²) in [4.78, 5) is 0. The maximum atomic E-state index is 12.1. The number of nitrogens with zero attached hydrogens (tertiary/aromatic N) is 2. The molecule has 7 heteroatoms. The molecule has 2 N–H and O–H groups in total. The second-order valence-corrected chi connectivity index (χ2v) is 8.88. The molecule has 0 amide bonds. The first-order valence-electron chi connectivity index (χ1n) is 10.6. The summed E-state index contributed by atoms with van der Waals surface area (Å²) in [5.41, 5.74) is 1.82. The minimum absolute atomic E-state index is 0.0237. The summed E-state index contributed by atoms with van der Waals surface area (Å²) in [5, 5.41) is 34.6. The molecule has 4 aromatic rings. The summed E-state index contributed by atoms with van der Waals surface area (Å²) in [6, 6.07) is 26.6. The van der Waals surface area contributed by atoms with Crippen LogP contribution >= 0.6 is 23.2 Å². The number of pyridine rings is 1. The van der Waals surface area contributed by atoms with Gasteiger partial charge in [-0.25, -0.2) is 0 Å². The lowest BCUT2D eigenvalue weighted by Crippen LogP contribution is -2.57. The Balaban J connectivity index is 1.87. The van der Waals surface area contributed by atoms with Gasteiger partial charge >= 0.3 is 5.79 Å². The van der Waals surface area contributed by atoms with Crippen molar-refractivity contribution in [1.29, 1.82) is 5.26 Å². The Morgan fingerprint density at radius 3 is 2.35 bits per heavy atom. The van der Waals surface area contributed by atoms with Crippen LogP contribution in [0.5, 0.6) is 0 Å². The molecule has 0 fully saturated rings. The zero-order valence-corrected chi connectivity index (χ0v) is 19.3. The van der Waals surface area contributed by atoms with E-state index in [4.69, 9.17) is 27.9 Å². The van der Waals surface area contributed by atoms with E-state index in [9.17, 15) is 15.5 Å². The number of ether oxygens (including phenoxy) is 1. The van der Waals surface area contributed by atoms with E-state index in [0.29, 0.717) is 21.2 Å². The van der Waals surface area contributed by atoms with Crippen LogP contribution in [0.3, 0.4) is 0 Å². The van der Waals surface area contributed by atoms with Gasteiger partial charge < -0.3 is 14.9 Å². The standard InChI is InChI=1S/C27H18Cl2N2O3/c28-21-13-12-18(15-22(21)29)24-20(16-30)26(32)34-27(33,19-9-2-1-3-10-19)25(24)31-14-6-8-17-7-4-5-11-23(17)31/h1-15,24-25,33H/p+1/t24-,25-,27-/m1/s1. The molecule has 5 nitrogen and oxygen atoms in total. The van der Waals surface area contributed by atoms with Crippen LogP contribution in [0.1, 0.15) is 23.1 Å². The molecule has 34 heavy (non-hydrogen) atoms. The molecule has 0 saturated carbocycles. The molecule has 0 saturated heterocycles. The Morgan fingerprint density at radius 2 is 1.62 bits per heavy atom. The number of hydrogen-bond donors (Lipinski definition) is 2. The second kappa shape index (κ2) is 8.66. The van der Waals surface area contributed by atoms with E-state index in [-0.39, 0.29) is 5.57 Å². The van der Waals surface area contributed by atoms with Crippen molar-refractivity contribution in [2.75, 3.05) is 0 Å². The third kappa shape index (κ3) is 3.57. The smallest absolute Gasteiger partial charge is 0.301 e. The number of aromatic nitrogens is 1. The first-order chi connectivity index (χ1) is 16.4. The molecule has 0 spiro atoms. The fourth-order valence-electron chi connectivity index (χ4n) is 4.63. The molecular weight excluding hydrogens is 471 g/mol. The van der Waals surface area contributed by atoms with Gasteiger partial charge in [0.15, 0.2) is 6.20 Å². The fraction of sp³-hybridized carbons (Fsp3) is 0.111. The number of hydrogen-bond acceptors (Lipinski definition) is 4. The maximum Gasteiger partial charge on any atom is 0.301 e. The highest BCUT2D eigenvalue weighted by Crippen LogP contribution is 2.50. The average molecular weight is 490 g/mol. The van der Waals surface area contributed by atoms with Crippen LogP contribution in [0.4, 0.5) is 0 Å². The van der Waals surface area contributed by atoms with E-state index in [0.717, 1.165) is 10.9 Å². The van der Waals surface area contributed by atoms with Crippen LogP contribution in [0.15, 0.2) is 103 Å². The monoisotopic (exact) mass is 489 g/mol. The second-order valence-electron chi connectivity index (χ2n) is 8.07. The van der Waals surface area contributed by atoms with Gasteiger partial charge in [0.1, 0.15) is 11.6 Å². The van der Waals surface area contributed by atoms with Crippen molar-refractivity contribution in [2.45, 2.75) is 17.7 Å². The van der Waals surface area contributed by atoms with Gasteiger partial charge in [0.25, 0.3) is 5.95 Å². The summed E-state index contributed by atoms with van der Waals surface area (Å²) in [6.07, 6.45) is 1.83. The molecule has 1 aromatic heterocycles. The number of fused-ring (bicyclic) bond motifs is 1. The van der Waals surface area contributed by atoms with Gasteiger partial charge in [-0.2, -0.15) is 9.83 Å². The Kier molecular flexibility index (Phi) is 5.66. The molecule has 0 unspecified atom stereocenters. The topological polar surface area (TPSA) is 77.4 Å². The SMILES string of the molecule is N#CC1=C(O)O[C@](O)(c2ccccc2)[C@H]([n+]2cccc3ccccc32)[C@@H]1c1ccc(Cl)c(Cl)c1. The molecule has 3 aromatic carbocycles. The van der Waals surface area contributed by atoms with E-state index in [1.54, 1.807) is 42.5 Å². The molecule has 2 heterocycles. The number of allylic oxidation sites excluding steroid dienone is 1. The number of para-hydroxylation sites is 1. The Labute approximate surface area is 206 Å². The first-order valence-corrected chi connectivity index (χ1v) is 11.3. The third-order valence-corrected chi connectivity index (χ3v) is 6.90. The van der Waals surface area contributed by atoms with E-state index < -0.39 is 23.7 Å². The van der Waals surface area contributed by atoms with Gasteiger partial charge in [-0.1, -0.05) is 71.7 Å². The number of benzene rings is 3. The van der Waals surface area contributed by atoms with Crippen molar-refractivity contribution in [3.63, 3.8) is 0 Å². The lowest BCUT2D eigenvalue weighted by molar-refractivity contribution is -0.731. The largest absolute Gasteiger partial charge is 0.480 e. The maximum absolute atomic E-state index is 12.1. The zero-order valence-electron chi connectivity index (χ0n) is 17.8. The Hall–Kier alpha value is -3.56. The predicted octanol–water partition coefficient (Wildman–Crippen LogP) is 5.93. The van der Waals surface area contributed by atoms with Crippen molar-refractivity contribution in [3.8, 4) is 6.07 Å². The summed E-state index contributed by atoms with van der Waals surface area (Å²) in [7, 11) is 0. The average Bonchev–Trinajstić information content (AvgIpc) is 2.86. The van der Waals surface area contributed by atoms with Gasteiger partial charge in [0, 0.05) is 23.1 Å². The third-order valence-electron chi connectivity index (χ3n) is 6.16. The van der Waals surface area contributed by atoms with E-state index in [1.165, 1.54) is 0 Å². The lowest BCUT2D eigenvalue weighted by Gasteiger charge is -2.40. The summed E-state index contributed by atoms with van der Waals surface area (Å²) < 4.78 is 7.65. The quantitative estimate of drug-likeness (QED) is 0.349. The van der Waals surface area contributed by atoms with Gasteiger partial charge in [-0.15, -0.1) is 0 Å². The van der Waals surface area contributed by atoms with Crippen LogP contribution in [0, 0.1) is 11.3 Å². The normalized spacial score (nSPS) is 22.3. The van der Waals surface area contributed by atoms with Crippen molar-refractivity contribution in [3.05, 3.63) is 124 Å². The minimum atomic E-state index is -2.02. The number of aliphatic hydroxyl groups excluding tert-OH is 1. The van der Waals surface area contributed by atoms with Crippen LogP contribution < -0.4 is 4.57 Å². The number of rotatable bonds is 3. The van der Waals surface area contributed by atoms with E-state index in [2.05, 4.69) is 6.07 Å². The van der Waals surface area contributed by atoms with Crippen LogP contribution in [-0.2, 0) is 10.5 Å². The first kappa shape index (κ1) is 22.2. The molecule has 5 rings (SSSR count). The highest BCUT2D eigenvalue weighted by Gasteiger charge is 2.58. The Bertz CT molecular complexity index is 1460. The van der Waals surface area contributed by atoms with Gasteiger partial charge in [0.2, 0.25) is 11.6 Å². The Morgan fingerprint density at radius 1 is 0.912 bits per heavy atom. The molecule has 3 atom stereocenters. The highest BCUT2D eigenvalue weighted by atomic mass is 35.5. The summed E-state index contributed by atoms with van der Waals surface area (Å²) in [5.74, 6) is -3.46. The van der Waals surface area contributed by atoms with E-state index in [1.807, 2.05) is 53.2 Å². The van der Waals surface area contributed by atoms with Crippen molar-refractivity contribution < 1.29 is 19.5 Å². The van der Waals surface area contributed by atoms with Crippen molar-refractivity contribution in [2.24, 2.45) is 0 Å². The molecule has 0 radical (unpaired) electrons. The number of nitriles is 1. The molecule has 1 aliphatic heterocycles. The molecule has 168 valence electrons. The van der Waals surface area contributed by atoms with Gasteiger partial charge in [-0.3, -0.25) is 0 Å². The van der Waals surface area contributed by atoms with Gasteiger partial charge in [-0.05, 0) is 29.8 Å². The van der Waals surface area contributed by atoms with Crippen LogP contribution in [0.2, 0.25) is 10.0 Å². The van der Waals surface area contributed by atoms with Crippen molar-refractivity contribution in [1.82, 2.24) is 0 Å². The fourth-order valence-corrected chi connectivity index (χ4v) is 4.94. The zero-order chi connectivity index (χ0) is 23.9. The molecular formula is C27H19Cl2N2O3+. The highest BCUT2D eigenvalue weighted by molar-refractivity contribution is 6.42. The summed E-state index contributed by atoms with van der Waals surface area (Å²) >= 11 is 12.5. The van der Waals surface area contributed by atoms with E-state index >= 15 is 0 Å². The van der Waals surface area contributed by atoms with Crippen LogP contribution in [-0.4, -0.2) is 10.2 Å². The summed E-state index contributed by atoms with van der Waals surface area (Å²) in [6.45, 7) is 0. The molecule has 0 aliphatic carbocycles. The van der Waals surface area contributed by atoms with Gasteiger partial charge in [0.05, 0.1) is 16.0 Å². The van der Waals surface area contributed by atoms with Crippen molar-refractivity contribution >= 4 is 34.1 Å². The minimum Gasteiger partial charge on any atom is -0.480 e. The molecule has 1 aliphatic rings. The number of halogens is 2.